The Morgan fingerprint density at radius 2 is 1.73 bits per heavy atom. The van der Waals surface area contributed by atoms with Crippen LogP contribution in [0.5, 0.6) is 11.5 Å². The average Bonchev–Trinajstić information content (AvgIpc) is 2.67. The van der Waals surface area contributed by atoms with E-state index in [0.717, 1.165) is 17.1 Å². The first-order chi connectivity index (χ1) is 12.5. The van der Waals surface area contributed by atoms with Gasteiger partial charge in [-0.3, -0.25) is 4.79 Å². The Labute approximate surface area is 154 Å². The highest BCUT2D eigenvalue weighted by atomic mass is 16.6. The molecular formula is C19H28N2O5. The minimum absolute atomic E-state index is 0.0199. The van der Waals surface area contributed by atoms with Gasteiger partial charge >= 0.3 is 6.09 Å². The zero-order valence-corrected chi connectivity index (χ0v) is 16.0. The second-order valence-electron chi connectivity index (χ2n) is 6.28. The van der Waals surface area contributed by atoms with E-state index in [1.165, 1.54) is 0 Å². The fraction of sp³-hybridized carbons (Fsp3) is 0.579. The van der Waals surface area contributed by atoms with Gasteiger partial charge in [0, 0.05) is 38.7 Å². The van der Waals surface area contributed by atoms with Crippen LogP contribution in [0, 0.1) is 0 Å². The molecule has 1 atom stereocenters. The number of hydrogen-bond donors (Lipinski definition) is 0. The maximum Gasteiger partial charge on any atom is 0.409 e. The van der Waals surface area contributed by atoms with E-state index in [1.54, 1.807) is 26.0 Å². The molecule has 0 aromatic heterocycles. The van der Waals surface area contributed by atoms with Crippen molar-refractivity contribution in [1.82, 2.24) is 9.80 Å². The third kappa shape index (κ3) is 4.80. The molecule has 1 aliphatic rings. The number of benzene rings is 1. The van der Waals surface area contributed by atoms with E-state index < -0.39 is 0 Å². The lowest BCUT2D eigenvalue weighted by Gasteiger charge is -2.34. The average molecular weight is 364 g/mol. The SMILES string of the molecule is CCOC(=O)N1CCN(C(=O)CC(C)c2ccc(OC)cc2OC)CC1. The molecular weight excluding hydrogens is 336 g/mol. The molecule has 0 spiro atoms. The van der Waals surface area contributed by atoms with E-state index in [2.05, 4.69) is 0 Å². The summed E-state index contributed by atoms with van der Waals surface area (Å²) in [7, 11) is 3.22. The first-order valence-corrected chi connectivity index (χ1v) is 8.91. The van der Waals surface area contributed by atoms with Crippen molar-refractivity contribution >= 4 is 12.0 Å². The van der Waals surface area contributed by atoms with Crippen LogP contribution in [-0.2, 0) is 9.53 Å². The molecule has 2 rings (SSSR count). The number of carbonyl (C=O) groups excluding carboxylic acids is 2. The number of carbonyl (C=O) groups is 2. The van der Waals surface area contributed by atoms with Gasteiger partial charge in [-0.15, -0.1) is 0 Å². The number of hydrogen-bond acceptors (Lipinski definition) is 5. The van der Waals surface area contributed by atoms with Crippen molar-refractivity contribution < 1.29 is 23.8 Å². The van der Waals surface area contributed by atoms with Gasteiger partial charge in [0.25, 0.3) is 0 Å². The van der Waals surface area contributed by atoms with Gasteiger partial charge in [0.05, 0.1) is 20.8 Å². The molecule has 0 bridgehead atoms. The molecule has 144 valence electrons. The van der Waals surface area contributed by atoms with Crippen molar-refractivity contribution in [1.29, 1.82) is 0 Å². The van der Waals surface area contributed by atoms with Gasteiger partial charge in [-0.1, -0.05) is 13.0 Å². The van der Waals surface area contributed by atoms with Crippen molar-refractivity contribution in [3.8, 4) is 11.5 Å². The second kappa shape index (κ2) is 9.31. The molecule has 1 aliphatic heterocycles. The molecule has 1 aromatic rings. The second-order valence-corrected chi connectivity index (χ2v) is 6.28. The van der Waals surface area contributed by atoms with Crippen LogP contribution in [0.2, 0.25) is 0 Å². The predicted molar refractivity (Wildman–Crippen MR) is 97.8 cm³/mol. The molecule has 26 heavy (non-hydrogen) atoms. The van der Waals surface area contributed by atoms with Crippen LogP contribution in [-0.4, -0.2) is 68.8 Å². The number of amides is 2. The van der Waals surface area contributed by atoms with Crippen molar-refractivity contribution in [2.75, 3.05) is 47.0 Å². The van der Waals surface area contributed by atoms with Gasteiger partial charge in [-0.05, 0) is 24.5 Å². The van der Waals surface area contributed by atoms with Gasteiger partial charge in [0.1, 0.15) is 11.5 Å². The Hall–Kier alpha value is -2.44. The van der Waals surface area contributed by atoms with Gasteiger partial charge in [0.2, 0.25) is 5.91 Å². The van der Waals surface area contributed by atoms with E-state index >= 15 is 0 Å². The number of nitrogens with zero attached hydrogens (tertiary/aromatic N) is 2. The highest BCUT2D eigenvalue weighted by Crippen LogP contribution is 2.32. The molecule has 0 saturated carbocycles. The zero-order chi connectivity index (χ0) is 19.1. The Kier molecular flexibility index (Phi) is 7.12. The highest BCUT2D eigenvalue weighted by Gasteiger charge is 2.26. The lowest BCUT2D eigenvalue weighted by molar-refractivity contribution is -0.133. The Morgan fingerprint density at radius 3 is 2.31 bits per heavy atom. The minimum Gasteiger partial charge on any atom is -0.497 e. The minimum atomic E-state index is -0.309. The van der Waals surface area contributed by atoms with E-state index in [0.29, 0.717) is 39.2 Å². The predicted octanol–water partition coefficient (Wildman–Crippen LogP) is 2.50. The maximum atomic E-state index is 12.6. The topological polar surface area (TPSA) is 68.3 Å². The Balaban J connectivity index is 1.93. The molecule has 1 unspecified atom stereocenters. The van der Waals surface area contributed by atoms with Crippen LogP contribution in [0.3, 0.4) is 0 Å². The van der Waals surface area contributed by atoms with Crippen LogP contribution >= 0.6 is 0 Å². The number of ether oxygens (including phenoxy) is 3. The molecule has 1 heterocycles. The summed E-state index contributed by atoms with van der Waals surface area (Å²) in [5, 5.41) is 0. The summed E-state index contributed by atoms with van der Waals surface area (Å²) in [5.74, 6) is 1.54. The number of methoxy groups -OCH3 is 2. The fourth-order valence-corrected chi connectivity index (χ4v) is 3.08. The number of piperazine rings is 1. The van der Waals surface area contributed by atoms with Gasteiger partial charge in [-0.25, -0.2) is 4.79 Å². The van der Waals surface area contributed by atoms with Crippen molar-refractivity contribution in [3.63, 3.8) is 0 Å². The summed E-state index contributed by atoms with van der Waals surface area (Å²) >= 11 is 0. The first kappa shape index (κ1) is 19.9. The lowest BCUT2D eigenvalue weighted by atomic mass is 9.96. The van der Waals surface area contributed by atoms with Crippen LogP contribution < -0.4 is 9.47 Å². The Bertz CT molecular complexity index is 626. The summed E-state index contributed by atoms with van der Waals surface area (Å²) in [4.78, 5) is 27.8. The molecule has 1 aromatic carbocycles. The van der Waals surface area contributed by atoms with Crippen LogP contribution in [0.15, 0.2) is 18.2 Å². The van der Waals surface area contributed by atoms with Gasteiger partial charge in [-0.2, -0.15) is 0 Å². The third-order valence-corrected chi connectivity index (χ3v) is 4.61. The molecule has 7 nitrogen and oxygen atoms in total. The molecule has 0 radical (unpaired) electrons. The number of rotatable bonds is 6. The summed E-state index contributed by atoms with van der Waals surface area (Å²) in [6, 6.07) is 5.64. The van der Waals surface area contributed by atoms with E-state index in [-0.39, 0.29) is 17.9 Å². The van der Waals surface area contributed by atoms with E-state index in [1.807, 2.05) is 30.0 Å². The van der Waals surface area contributed by atoms with Crippen molar-refractivity contribution in [2.45, 2.75) is 26.2 Å². The summed E-state index contributed by atoms with van der Waals surface area (Å²) < 4.78 is 15.7. The van der Waals surface area contributed by atoms with E-state index in [9.17, 15) is 9.59 Å². The fourth-order valence-electron chi connectivity index (χ4n) is 3.08. The van der Waals surface area contributed by atoms with Crippen LogP contribution in [0.1, 0.15) is 31.7 Å². The smallest absolute Gasteiger partial charge is 0.409 e. The lowest BCUT2D eigenvalue weighted by Crippen LogP contribution is -2.50. The monoisotopic (exact) mass is 364 g/mol. The van der Waals surface area contributed by atoms with E-state index in [4.69, 9.17) is 14.2 Å². The molecule has 7 heteroatoms. The summed E-state index contributed by atoms with van der Waals surface area (Å²) in [6.45, 7) is 6.23. The largest absolute Gasteiger partial charge is 0.497 e. The van der Waals surface area contributed by atoms with Crippen molar-refractivity contribution in [2.24, 2.45) is 0 Å². The first-order valence-electron chi connectivity index (χ1n) is 8.91. The van der Waals surface area contributed by atoms with Crippen LogP contribution in [0.25, 0.3) is 0 Å². The Morgan fingerprint density at radius 1 is 1.08 bits per heavy atom. The molecule has 1 fully saturated rings. The molecule has 0 aliphatic carbocycles. The van der Waals surface area contributed by atoms with Gasteiger partial charge < -0.3 is 24.0 Å². The summed E-state index contributed by atoms with van der Waals surface area (Å²) in [5.41, 5.74) is 0.979. The quantitative estimate of drug-likeness (QED) is 0.776. The summed E-state index contributed by atoms with van der Waals surface area (Å²) in [6.07, 6.45) is 0.0816. The zero-order valence-electron chi connectivity index (χ0n) is 16.0. The normalized spacial score (nSPS) is 15.4. The molecule has 1 saturated heterocycles. The third-order valence-electron chi connectivity index (χ3n) is 4.61. The molecule has 0 N–H and O–H groups in total. The van der Waals surface area contributed by atoms with Crippen LogP contribution in [0.4, 0.5) is 4.79 Å². The molecule has 2 amide bonds. The highest BCUT2D eigenvalue weighted by molar-refractivity contribution is 5.78. The van der Waals surface area contributed by atoms with Crippen molar-refractivity contribution in [3.05, 3.63) is 23.8 Å². The van der Waals surface area contributed by atoms with Gasteiger partial charge in [0.15, 0.2) is 0 Å². The standard InChI is InChI=1S/C19H28N2O5/c1-5-26-19(23)21-10-8-20(9-11-21)18(22)12-14(2)16-7-6-15(24-3)13-17(16)25-4/h6-7,13-14H,5,8-12H2,1-4H3. The maximum absolute atomic E-state index is 12.6.